The molecular formula is C15H16N4O3. The summed E-state index contributed by atoms with van der Waals surface area (Å²) < 4.78 is 13.1. The molecule has 1 aromatic carbocycles. The fourth-order valence-corrected chi connectivity index (χ4v) is 3.01. The highest BCUT2D eigenvalue weighted by Crippen LogP contribution is 2.43. The number of nitrogens with one attached hydrogen (secondary N) is 1. The summed E-state index contributed by atoms with van der Waals surface area (Å²) in [5, 5.41) is 7.12. The van der Waals surface area contributed by atoms with Crippen LogP contribution in [0.5, 0.6) is 11.5 Å². The Kier molecular flexibility index (Phi) is 2.99. The minimum absolute atomic E-state index is 0.0279. The highest BCUT2D eigenvalue weighted by atomic mass is 16.6. The van der Waals surface area contributed by atoms with Crippen LogP contribution in [0.3, 0.4) is 0 Å². The van der Waals surface area contributed by atoms with Gasteiger partial charge in [-0.1, -0.05) is 0 Å². The smallest absolute Gasteiger partial charge is 0.225 e. The van der Waals surface area contributed by atoms with Crippen LogP contribution in [0.1, 0.15) is 30.7 Å². The molecule has 4 rings (SSSR count). The third-order valence-corrected chi connectivity index (χ3v) is 4.01. The standard InChI is InChI=1S/C15H16N4O3/c1-2-19-15(16-8-17-19)10-6-14(20)18-11-7-13-12(5-9(10)11)21-3-4-22-13/h5,7-8,10H,2-4,6H2,1H3,(H,18,20)/t10-/m1/s1. The molecule has 0 spiro atoms. The number of amides is 1. The maximum absolute atomic E-state index is 12.1. The van der Waals surface area contributed by atoms with Crippen LogP contribution in [0.25, 0.3) is 0 Å². The minimum atomic E-state index is -0.123. The number of ether oxygens (including phenoxy) is 2. The molecule has 0 saturated heterocycles. The lowest BCUT2D eigenvalue weighted by atomic mass is 9.89. The van der Waals surface area contributed by atoms with E-state index in [-0.39, 0.29) is 11.8 Å². The van der Waals surface area contributed by atoms with E-state index in [1.807, 2.05) is 23.7 Å². The SMILES string of the molecule is CCn1ncnc1[C@@H]1CC(=O)Nc2cc3c(cc21)OCCO3. The zero-order chi connectivity index (χ0) is 15.1. The molecule has 1 atom stereocenters. The van der Waals surface area contributed by atoms with E-state index in [2.05, 4.69) is 15.4 Å². The van der Waals surface area contributed by atoms with Crippen LogP contribution in [0, 0.1) is 0 Å². The third kappa shape index (κ3) is 2.01. The van der Waals surface area contributed by atoms with Crippen molar-refractivity contribution in [3.8, 4) is 11.5 Å². The Morgan fingerprint density at radius 3 is 2.86 bits per heavy atom. The van der Waals surface area contributed by atoms with Crippen LogP contribution < -0.4 is 14.8 Å². The summed E-state index contributed by atoms with van der Waals surface area (Å²) in [4.78, 5) is 16.4. The topological polar surface area (TPSA) is 78.3 Å². The van der Waals surface area contributed by atoms with Crippen molar-refractivity contribution >= 4 is 11.6 Å². The number of carbonyl (C=O) groups excluding carboxylic acids is 1. The average Bonchev–Trinajstić information content (AvgIpc) is 3.00. The zero-order valence-electron chi connectivity index (χ0n) is 12.2. The van der Waals surface area contributed by atoms with Crippen molar-refractivity contribution in [2.45, 2.75) is 25.8 Å². The second-order valence-corrected chi connectivity index (χ2v) is 5.32. The van der Waals surface area contributed by atoms with Gasteiger partial charge in [0, 0.05) is 24.7 Å². The number of hydrogen-bond acceptors (Lipinski definition) is 5. The van der Waals surface area contributed by atoms with Gasteiger partial charge in [-0.15, -0.1) is 0 Å². The van der Waals surface area contributed by atoms with Gasteiger partial charge in [-0.3, -0.25) is 4.79 Å². The van der Waals surface area contributed by atoms with Gasteiger partial charge in [0.15, 0.2) is 11.5 Å². The van der Waals surface area contributed by atoms with Crippen LogP contribution in [0.2, 0.25) is 0 Å². The number of hydrogen-bond donors (Lipinski definition) is 1. The van der Waals surface area contributed by atoms with Gasteiger partial charge >= 0.3 is 0 Å². The van der Waals surface area contributed by atoms with Crippen LogP contribution in [0.15, 0.2) is 18.5 Å². The van der Waals surface area contributed by atoms with E-state index in [4.69, 9.17) is 9.47 Å². The molecule has 0 bridgehead atoms. The maximum atomic E-state index is 12.1. The molecule has 22 heavy (non-hydrogen) atoms. The molecule has 2 aliphatic heterocycles. The van der Waals surface area contributed by atoms with Gasteiger partial charge in [-0.05, 0) is 18.6 Å². The van der Waals surface area contributed by atoms with E-state index in [0.29, 0.717) is 37.7 Å². The lowest BCUT2D eigenvalue weighted by Gasteiger charge is -2.28. The summed E-state index contributed by atoms with van der Waals surface area (Å²) >= 11 is 0. The van der Waals surface area contributed by atoms with E-state index in [1.54, 1.807) is 0 Å². The van der Waals surface area contributed by atoms with Crippen molar-refractivity contribution in [3.63, 3.8) is 0 Å². The molecule has 0 unspecified atom stereocenters. The molecule has 1 N–H and O–H groups in total. The van der Waals surface area contributed by atoms with Gasteiger partial charge in [0.2, 0.25) is 5.91 Å². The van der Waals surface area contributed by atoms with E-state index < -0.39 is 0 Å². The monoisotopic (exact) mass is 300 g/mol. The van der Waals surface area contributed by atoms with Crippen LogP contribution in [-0.4, -0.2) is 33.9 Å². The first-order valence-electron chi connectivity index (χ1n) is 7.37. The highest BCUT2D eigenvalue weighted by molar-refractivity contribution is 5.95. The Morgan fingerprint density at radius 2 is 2.09 bits per heavy atom. The predicted octanol–water partition coefficient (Wildman–Crippen LogP) is 1.54. The van der Waals surface area contributed by atoms with Crippen molar-refractivity contribution in [1.82, 2.24) is 14.8 Å². The van der Waals surface area contributed by atoms with Crippen molar-refractivity contribution in [3.05, 3.63) is 29.8 Å². The largest absolute Gasteiger partial charge is 0.486 e. The number of carbonyl (C=O) groups is 1. The molecule has 1 aromatic heterocycles. The fourth-order valence-electron chi connectivity index (χ4n) is 3.01. The normalized spacial score (nSPS) is 19.5. The number of benzene rings is 1. The van der Waals surface area contributed by atoms with Gasteiger partial charge < -0.3 is 14.8 Å². The van der Waals surface area contributed by atoms with Gasteiger partial charge in [0.25, 0.3) is 0 Å². The average molecular weight is 300 g/mol. The van der Waals surface area contributed by atoms with E-state index >= 15 is 0 Å². The lowest BCUT2D eigenvalue weighted by Crippen LogP contribution is -2.26. The summed E-state index contributed by atoms with van der Waals surface area (Å²) in [7, 11) is 0. The first-order chi connectivity index (χ1) is 10.8. The van der Waals surface area contributed by atoms with Gasteiger partial charge in [-0.25, -0.2) is 9.67 Å². The molecule has 2 aromatic rings. The number of fused-ring (bicyclic) bond motifs is 2. The predicted molar refractivity (Wildman–Crippen MR) is 78.2 cm³/mol. The van der Waals surface area contributed by atoms with Crippen molar-refractivity contribution in [2.24, 2.45) is 0 Å². The second kappa shape index (κ2) is 5.01. The second-order valence-electron chi connectivity index (χ2n) is 5.32. The Balaban J connectivity index is 1.84. The molecule has 0 fully saturated rings. The summed E-state index contributed by atoms with van der Waals surface area (Å²) in [5.41, 5.74) is 1.75. The number of nitrogens with zero attached hydrogens (tertiary/aromatic N) is 3. The molecule has 0 aliphatic carbocycles. The van der Waals surface area contributed by atoms with Crippen LogP contribution in [0.4, 0.5) is 5.69 Å². The summed E-state index contributed by atoms with van der Waals surface area (Å²) in [6.45, 7) is 3.78. The molecule has 1 amide bonds. The third-order valence-electron chi connectivity index (χ3n) is 4.01. The molecule has 2 aliphatic rings. The van der Waals surface area contributed by atoms with Crippen molar-refractivity contribution in [2.75, 3.05) is 18.5 Å². The van der Waals surface area contributed by atoms with Gasteiger partial charge in [0.05, 0.1) is 5.92 Å². The van der Waals surface area contributed by atoms with Gasteiger partial charge in [-0.2, -0.15) is 5.10 Å². The van der Waals surface area contributed by atoms with E-state index in [0.717, 1.165) is 17.1 Å². The number of aromatic nitrogens is 3. The first-order valence-corrected chi connectivity index (χ1v) is 7.37. The first kappa shape index (κ1) is 13.1. The Labute approximate surface area is 127 Å². The molecule has 0 radical (unpaired) electrons. The number of rotatable bonds is 2. The van der Waals surface area contributed by atoms with Crippen LogP contribution in [-0.2, 0) is 11.3 Å². The highest BCUT2D eigenvalue weighted by Gasteiger charge is 2.32. The molecule has 0 saturated carbocycles. The molecule has 3 heterocycles. The zero-order valence-corrected chi connectivity index (χ0v) is 12.2. The molecule has 114 valence electrons. The molecule has 7 heteroatoms. The quantitative estimate of drug-likeness (QED) is 0.910. The fraction of sp³-hybridized carbons (Fsp3) is 0.400. The van der Waals surface area contributed by atoms with Crippen LogP contribution >= 0.6 is 0 Å². The number of aryl methyl sites for hydroxylation is 1. The summed E-state index contributed by atoms with van der Waals surface area (Å²) in [6.07, 6.45) is 1.88. The minimum Gasteiger partial charge on any atom is -0.486 e. The summed E-state index contributed by atoms with van der Waals surface area (Å²) in [6, 6.07) is 3.78. The van der Waals surface area contributed by atoms with Crippen molar-refractivity contribution in [1.29, 1.82) is 0 Å². The maximum Gasteiger partial charge on any atom is 0.225 e. The lowest BCUT2D eigenvalue weighted by molar-refractivity contribution is -0.116. The van der Waals surface area contributed by atoms with E-state index in [1.165, 1.54) is 6.33 Å². The van der Waals surface area contributed by atoms with Crippen molar-refractivity contribution < 1.29 is 14.3 Å². The Bertz CT molecular complexity index is 740. The molecule has 7 nitrogen and oxygen atoms in total. The number of anilines is 1. The Morgan fingerprint density at radius 1 is 1.32 bits per heavy atom. The van der Waals surface area contributed by atoms with E-state index in [9.17, 15) is 4.79 Å². The van der Waals surface area contributed by atoms with Gasteiger partial charge in [0.1, 0.15) is 25.4 Å². The Hall–Kier alpha value is -2.57. The summed E-state index contributed by atoms with van der Waals surface area (Å²) in [5.74, 6) is 2.04. The molecular weight excluding hydrogens is 284 g/mol.